The van der Waals surface area contributed by atoms with E-state index in [1.807, 2.05) is 49.2 Å². The molecule has 3 rings (SSSR count). The summed E-state index contributed by atoms with van der Waals surface area (Å²) >= 11 is 0. The molecule has 0 spiro atoms. The van der Waals surface area contributed by atoms with E-state index in [1.165, 1.54) is 0 Å². The molecule has 0 aliphatic carbocycles. The Kier molecular flexibility index (Phi) is 4.14. The number of rotatable bonds is 4. The third kappa shape index (κ3) is 2.97. The molecule has 0 saturated heterocycles. The number of anilines is 1. The summed E-state index contributed by atoms with van der Waals surface area (Å²) in [4.78, 5) is 14.2. The molecule has 2 aromatic heterocycles. The Balaban J connectivity index is 2.10. The predicted octanol–water partition coefficient (Wildman–Crippen LogP) is 4.16. The summed E-state index contributed by atoms with van der Waals surface area (Å²) in [6, 6.07) is 12.7. The average molecular weight is 314 g/mol. The molecule has 1 unspecified atom stereocenters. The molecule has 118 valence electrons. The number of hydrogen-bond acceptors (Lipinski definition) is 4. The fourth-order valence-electron chi connectivity index (χ4n) is 2.45. The van der Waals surface area contributed by atoms with E-state index in [-0.39, 0.29) is 6.04 Å². The third-order valence-electron chi connectivity index (χ3n) is 3.83. The minimum Gasteiger partial charge on any atom is -0.351 e. The maximum atomic E-state index is 13.1. The van der Waals surface area contributed by atoms with Crippen molar-refractivity contribution >= 4 is 16.7 Å². The lowest BCUT2D eigenvalue weighted by Crippen LogP contribution is -2.24. The number of alkyl halides is 2. The van der Waals surface area contributed by atoms with Crippen LogP contribution in [-0.2, 0) is 0 Å². The van der Waals surface area contributed by atoms with Gasteiger partial charge in [0, 0.05) is 18.6 Å². The second kappa shape index (κ2) is 6.24. The fraction of sp³-hybridized carbons (Fsp3) is 0.235. The maximum absolute atomic E-state index is 13.1. The number of para-hydroxylation sites is 1. The van der Waals surface area contributed by atoms with Gasteiger partial charge in [-0.2, -0.15) is 0 Å². The van der Waals surface area contributed by atoms with E-state index < -0.39 is 12.2 Å². The van der Waals surface area contributed by atoms with Crippen LogP contribution in [0.25, 0.3) is 10.9 Å². The number of hydrogen-bond donors (Lipinski definition) is 0. The number of aromatic nitrogens is 3. The first-order valence-electron chi connectivity index (χ1n) is 7.26. The van der Waals surface area contributed by atoms with Crippen molar-refractivity contribution in [1.82, 2.24) is 15.0 Å². The van der Waals surface area contributed by atoms with Gasteiger partial charge in [-0.05, 0) is 31.2 Å². The van der Waals surface area contributed by atoms with Gasteiger partial charge >= 0.3 is 0 Å². The van der Waals surface area contributed by atoms with Crippen LogP contribution < -0.4 is 4.90 Å². The molecule has 0 amide bonds. The summed E-state index contributed by atoms with van der Waals surface area (Å²) in [6.45, 7) is 1.96. The molecule has 23 heavy (non-hydrogen) atoms. The van der Waals surface area contributed by atoms with Crippen LogP contribution in [0.3, 0.4) is 0 Å². The first kappa shape index (κ1) is 15.3. The molecule has 6 heteroatoms. The van der Waals surface area contributed by atoms with Crippen LogP contribution in [0.1, 0.15) is 30.9 Å². The Morgan fingerprint density at radius 2 is 1.74 bits per heavy atom. The van der Waals surface area contributed by atoms with Crippen molar-refractivity contribution in [1.29, 1.82) is 0 Å². The molecular formula is C17H16F2N4. The monoisotopic (exact) mass is 314 g/mol. The largest absolute Gasteiger partial charge is 0.351 e. The third-order valence-corrected chi connectivity index (χ3v) is 3.83. The summed E-state index contributed by atoms with van der Waals surface area (Å²) < 4.78 is 26.2. The first-order valence-corrected chi connectivity index (χ1v) is 7.26. The van der Waals surface area contributed by atoms with E-state index in [4.69, 9.17) is 0 Å². The highest BCUT2D eigenvalue weighted by atomic mass is 19.3. The highest BCUT2D eigenvalue weighted by molar-refractivity contribution is 5.89. The second-order valence-corrected chi connectivity index (χ2v) is 5.26. The molecule has 1 atom stereocenters. The van der Waals surface area contributed by atoms with E-state index >= 15 is 0 Å². The zero-order valence-electron chi connectivity index (χ0n) is 12.8. The molecular weight excluding hydrogens is 298 g/mol. The van der Waals surface area contributed by atoms with Gasteiger partial charge in [-0.15, -0.1) is 0 Å². The highest BCUT2D eigenvalue weighted by Crippen LogP contribution is 2.30. The Morgan fingerprint density at radius 3 is 2.43 bits per heavy atom. The van der Waals surface area contributed by atoms with Crippen LogP contribution in [0.4, 0.5) is 14.6 Å². The number of pyridine rings is 1. The van der Waals surface area contributed by atoms with E-state index in [2.05, 4.69) is 15.0 Å². The molecule has 0 radical (unpaired) electrons. The molecule has 3 aromatic rings. The van der Waals surface area contributed by atoms with Crippen molar-refractivity contribution in [2.45, 2.75) is 19.4 Å². The molecule has 0 fully saturated rings. The zero-order chi connectivity index (χ0) is 16.4. The van der Waals surface area contributed by atoms with Crippen molar-refractivity contribution in [2.75, 3.05) is 11.9 Å². The van der Waals surface area contributed by atoms with Crippen molar-refractivity contribution in [2.24, 2.45) is 0 Å². The molecule has 0 saturated carbocycles. The Bertz CT molecular complexity index is 808. The van der Waals surface area contributed by atoms with Gasteiger partial charge in [0.25, 0.3) is 6.43 Å². The van der Waals surface area contributed by atoms with Gasteiger partial charge in [-0.3, -0.25) is 4.98 Å². The smallest absolute Gasteiger partial charge is 0.297 e. The van der Waals surface area contributed by atoms with Crippen molar-refractivity contribution in [3.8, 4) is 0 Å². The highest BCUT2D eigenvalue weighted by Gasteiger charge is 2.21. The topological polar surface area (TPSA) is 41.9 Å². The van der Waals surface area contributed by atoms with Crippen molar-refractivity contribution < 1.29 is 8.78 Å². The van der Waals surface area contributed by atoms with Gasteiger partial charge in [-0.25, -0.2) is 18.7 Å². The van der Waals surface area contributed by atoms with E-state index in [1.54, 1.807) is 18.3 Å². The van der Waals surface area contributed by atoms with E-state index in [9.17, 15) is 8.78 Å². The molecule has 0 aliphatic heterocycles. The minimum atomic E-state index is -2.71. The lowest BCUT2D eigenvalue weighted by molar-refractivity contribution is 0.141. The van der Waals surface area contributed by atoms with Gasteiger partial charge in [0.15, 0.2) is 5.82 Å². The number of nitrogens with zero attached hydrogens (tertiary/aromatic N) is 4. The standard InChI is InChI=1S/C17H16F2N4/c1-11(13-8-5-6-10-20-13)23(2)17-12-7-3-4-9-14(12)21-16(22-17)15(18)19/h3-11,15H,1-2H3. The van der Waals surface area contributed by atoms with Gasteiger partial charge < -0.3 is 4.90 Å². The summed E-state index contributed by atoms with van der Waals surface area (Å²) in [5, 5.41) is 0.738. The number of fused-ring (bicyclic) bond motifs is 1. The zero-order valence-corrected chi connectivity index (χ0v) is 12.8. The SMILES string of the molecule is CC(c1ccccn1)N(C)c1nc(C(F)F)nc2ccccc12. The van der Waals surface area contributed by atoms with Gasteiger partial charge in [0.05, 0.1) is 17.3 Å². The van der Waals surface area contributed by atoms with E-state index in [0.717, 1.165) is 11.1 Å². The van der Waals surface area contributed by atoms with Crippen molar-refractivity contribution in [3.63, 3.8) is 0 Å². The van der Waals surface area contributed by atoms with Crippen LogP contribution in [-0.4, -0.2) is 22.0 Å². The second-order valence-electron chi connectivity index (χ2n) is 5.26. The Hall–Kier alpha value is -2.63. The molecule has 2 heterocycles. The molecule has 4 nitrogen and oxygen atoms in total. The predicted molar refractivity (Wildman–Crippen MR) is 85.6 cm³/mol. The lowest BCUT2D eigenvalue weighted by Gasteiger charge is -2.27. The summed E-state index contributed by atoms with van der Waals surface area (Å²) in [5.74, 6) is 0.0165. The van der Waals surface area contributed by atoms with Crippen LogP contribution in [0.15, 0.2) is 48.7 Å². The molecule has 0 bridgehead atoms. The summed E-state index contributed by atoms with van der Waals surface area (Å²) in [6.07, 6.45) is -1.00. The first-order chi connectivity index (χ1) is 11.1. The average Bonchev–Trinajstić information content (AvgIpc) is 2.60. The van der Waals surface area contributed by atoms with Crippen LogP contribution in [0, 0.1) is 0 Å². The fourth-order valence-corrected chi connectivity index (χ4v) is 2.45. The maximum Gasteiger partial charge on any atom is 0.297 e. The normalized spacial score (nSPS) is 12.6. The molecule has 1 aromatic carbocycles. The van der Waals surface area contributed by atoms with Crippen LogP contribution in [0.2, 0.25) is 0 Å². The minimum absolute atomic E-state index is 0.111. The number of halogens is 2. The van der Waals surface area contributed by atoms with Gasteiger partial charge in [0.2, 0.25) is 0 Å². The molecule has 0 aliphatic rings. The Labute approximate surface area is 132 Å². The Morgan fingerprint density at radius 1 is 1.00 bits per heavy atom. The van der Waals surface area contributed by atoms with E-state index in [0.29, 0.717) is 11.3 Å². The summed E-state index contributed by atoms with van der Waals surface area (Å²) in [7, 11) is 1.82. The summed E-state index contributed by atoms with van der Waals surface area (Å²) in [5.41, 5.74) is 1.35. The van der Waals surface area contributed by atoms with Gasteiger partial charge in [-0.1, -0.05) is 18.2 Å². The van der Waals surface area contributed by atoms with Crippen LogP contribution in [0.5, 0.6) is 0 Å². The van der Waals surface area contributed by atoms with Crippen LogP contribution >= 0.6 is 0 Å². The molecule has 0 N–H and O–H groups in total. The lowest BCUT2D eigenvalue weighted by atomic mass is 10.1. The quantitative estimate of drug-likeness (QED) is 0.725. The number of benzene rings is 1. The van der Waals surface area contributed by atoms with Gasteiger partial charge in [0.1, 0.15) is 5.82 Å². The van der Waals surface area contributed by atoms with Crippen molar-refractivity contribution in [3.05, 3.63) is 60.2 Å².